The van der Waals surface area contributed by atoms with E-state index in [1.165, 1.54) is 5.56 Å². The second-order valence-electron chi connectivity index (χ2n) is 6.63. The first kappa shape index (κ1) is 17.8. The predicted molar refractivity (Wildman–Crippen MR) is 93.4 cm³/mol. The van der Waals surface area contributed by atoms with E-state index < -0.39 is 0 Å². The maximum Gasteiger partial charge on any atom is 0.315 e. The van der Waals surface area contributed by atoms with Gasteiger partial charge in [0.1, 0.15) is 0 Å². The van der Waals surface area contributed by atoms with Crippen molar-refractivity contribution in [2.75, 3.05) is 0 Å². The van der Waals surface area contributed by atoms with Crippen LogP contribution in [0.3, 0.4) is 0 Å². The number of nitrogens with one attached hydrogen (secondary N) is 2. The fourth-order valence-electron chi connectivity index (χ4n) is 3.26. The van der Waals surface area contributed by atoms with Crippen molar-refractivity contribution in [3.05, 3.63) is 35.9 Å². The standard InChI is InChI=1S/C19H30N2O2/c1-2-6-16(10-9-15-7-4-3-5-8-15)20-19(23)21-17-11-13-18(22)14-12-17/h3-5,7-8,16-18,22H,2,6,9-14H2,1H3,(H2,20,21,23). The van der Waals surface area contributed by atoms with Crippen LogP contribution in [0.1, 0.15) is 57.4 Å². The molecule has 3 N–H and O–H groups in total. The summed E-state index contributed by atoms with van der Waals surface area (Å²) in [5.41, 5.74) is 1.32. The van der Waals surface area contributed by atoms with Gasteiger partial charge in [-0.05, 0) is 50.5 Å². The van der Waals surface area contributed by atoms with Crippen LogP contribution in [0, 0.1) is 0 Å². The molecule has 1 aromatic rings. The summed E-state index contributed by atoms with van der Waals surface area (Å²) in [6.07, 6.45) is 7.16. The van der Waals surface area contributed by atoms with Gasteiger partial charge in [0.15, 0.2) is 0 Å². The molecule has 0 aromatic heterocycles. The summed E-state index contributed by atoms with van der Waals surface area (Å²) in [4.78, 5) is 12.2. The van der Waals surface area contributed by atoms with Crippen LogP contribution < -0.4 is 10.6 Å². The Hall–Kier alpha value is -1.55. The fraction of sp³-hybridized carbons (Fsp3) is 0.632. The van der Waals surface area contributed by atoms with Crippen molar-refractivity contribution in [2.45, 2.75) is 76.5 Å². The van der Waals surface area contributed by atoms with Crippen LogP contribution in [-0.4, -0.2) is 29.3 Å². The highest BCUT2D eigenvalue weighted by Crippen LogP contribution is 2.18. The molecule has 1 saturated carbocycles. The molecule has 0 radical (unpaired) electrons. The van der Waals surface area contributed by atoms with E-state index in [0.717, 1.165) is 51.4 Å². The Labute approximate surface area is 139 Å². The van der Waals surface area contributed by atoms with E-state index in [1.54, 1.807) is 0 Å². The van der Waals surface area contributed by atoms with Crippen molar-refractivity contribution in [2.24, 2.45) is 0 Å². The molecule has 0 saturated heterocycles. The van der Waals surface area contributed by atoms with E-state index in [4.69, 9.17) is 0 Å². The number of rotatable bonds is 7. The molecule has 23 heavy (non-hydrogen) atoms. The number of hydrogen-bond acceptors (Lipinski definition) is 2. The first-order valence-corrected chi connectivity index (χ1v) is 8.96. The minimum Gasteiger partial charge on any atom is -0.393 e. The lowest BCUT2D eigenvalue weighted by Crippen LogP contribution is -2.47. The number of hydrogen-bond donors (Lipinski definition) is 3. The number of aliphatic hydroxyl groups is 1. The van der Waals surface area contributed by atoms with Gasteiger partial charge in [0.2, 0.25) is 0 Å². The average molecular weight is 318 g/mol. The van der Waals surface area contributed by atoms with Gasteiger partial charge in [-0.25, -0.2) is 4.79 Å². The number of carbonyl (C=O) groups is 1. The Morgan fingerprint density at radius 2 is 1.87 bits per heavy atom. The molecule has 128 valence electrons. The van der Waals surface area contributed by atoms with Crippen molar-refractivity contribution in [1.82, 2.24) is 10.6 Å². The van der Waals surface area contributed by atoms with Gasteiger partial charge in [0.05, 0.1) is 6.10 Å². The summed E-state index contributed by atoms with van der Waals surface area (Å²) in [5, 5.41) is 15.7. The SMILES string of the molecule is CCCC(CCc1ccccc1)NC(=O)NC1CCC(O)CC1. The third kappa shape index (κ3) is 6.61. The lowest BCUT2D eigenvalue weighted by atomic mass is 9.93. The molecular formula is C19H30N2O2. The Bertz CT molecular complexity index is 456. The summed E-state index contributed by atoms with van der Waals surface area (Å²) in [7, 11) is 0. The Morgan fingerprint density at radius 3 is 2.52 bits per heavy atom. The van der Waals surface area contributed by atoms with E-state index in [9.17, 15) is 9.90 Å². The van der Waals surface area contributed by atoms with E-state index in [-0.39, 0.29) is 24.2 Å². The number of aryl methyl sites for hydroxylation is 1. The molecule has 1 fully saturated rings. The predicted octanol–water partition coefficient (Wildman–Crippen LogP) is 3.39. The summed E-state index contributed by atoms with van der Waals surface area (Å²) in [6, 6.07) is 10.8. The Kier molecular flexibility index (Phi) is 7.40. The minimum atomic E-state index is -0.185. The minimum absolute atomic E-state index is 0.0575. The van der Waals surface area contributed by atoms with E-state index in [1.807, 2.05) is 6.07 Å². The van der Waals surface area contributed by atoms with Gasteiger partial charge in [-0.15, -0.1) is 0 Å². The maximum absolute atomic E-state index is 12.2. The highest BCUT2D eigenvalue weighted by atomic mass is 16.3. The van der Waals surface area contributed by atoms with Crippen LogP contribution in [0.4, 0.5) is 4.79 Å². The van der Waals surface area contributed by atoms with E-state index in [2.05, 4.69) is 41.8 Å². The normalized spacial score (nSPS) is 22.3. The van der Waals surface area contributed by atoms with E-state index >= 15 is 0 Å². The van der Waals surface area contributed by atoms with Crippen molar-refractivity contribution in [3.63, 3.8) is 0 Å². The Morgan fingerprint density at radius 1 is 1.17 bits per heavy atom. The van der Waals surface area contributed by atoms with Crippen LogP contribution in [0.5, 0.6) is 0 Å². The van der Waals surface area contributed by atoms with Gasteiger partial charge in [-0.3, -0.25) is 0 Å². The molecule has 1 aliphatic carbocycles. The number of amides is 2. The van der Waals surface area contributed by atoms with Crippen LogP contribution >= 0.6 is 0 Å². The third-order valence-electron chi connectivity index (χ3n) is 4.63. The second kappa shape index (κ2) is 9.56. The van der Waals surface area contributed by atoms with Gasteiger partial charge in [0.25, 0.3) is 0 Å². The highest BCUT2D eigenvalue weighted by Gasteiger charge is 2.21. The zero-order valence-electron chi connectivity index (χ0n) is 14.1. The van der Waals surface area contributed by atoms with Crippen molar-refractivity contribution < 1.29 is 9.90 Å². The quantitative estimate of drug-likeness (QED) is 0.721. The van der Waals surface area contributed by atoms with Gasteiger partial charge in [-0.1, -0.05) is 43.7 Å². The highest BCUT2D eigenvalue weighted by molar-refractivity contribution is 5.74. The average Bonchev–Trinajstić information content (AvgIpc) is 2.56. The molecule has 0 bridgehead atoms. The molecule has 0 heterocycles. The molecule has 1 aromatic carbocycles. The van der Waals surface area contributed by atoms with Gasteiger partial charge < -0.3 is 15.7 Å². The summed E-state index contributed by atoms with van der Waals surface area (Å²) < 4.78 is 0. The van der Waals surface area contributed by atoms with E-state index in [0.29, 0.717) is 0 Å². The topological polar surface area (TPSA) is 61.4 Å². The first-order chi connectivity index (χ1) is 11.2. The molecule has 2 amide bonds. The monoisotopic (exact) mass is 318 g/mol. The maximum atomic E-state index is 12.2. The molecule has 0 spiro atoms. The molecule has 1 unspecified atom stereocenters. The number of urea groups is 1. The molecule has 4 nitrogen and oxygen atoms in total. The molecule has 1 atom stereocenters. The van der Waals surface area contributed by atoms with Crippen molar-refractivity contribution >= 4 is 6.03 Å². The molecule has 2 rings (SSSR count). The number of aliphatic hydroxyl groups excluding tert-OH is 1. The fourth-order valence-corrected chi connectivity index (χ4v) is 3.26. The molecule has 4 heteroatoms. The molecular weight excluding hydrogens is 288 g/mol. The second-order valence-corrected chi connectivity index (χ2v) is 6.63. The first-order valence-electron chi connectivity index (χ1n) is 8.96. The van der Waals surface area contributed by atoms with Gasteiger partial charge >= 0.3 is 6.03 Å². The summed E-state index contributed by atoms with van der Waals surface area (Å²) in [5.74, 6) is 0. The summed E-state index contributed by atoms with van der Waals surface area (Å²) in [6.45, 7) is 2.15. The largest absolute Gasteiger partial charge is 0.393 e. The zero-order chi connectivity index (χ0) is 16.5. The molecule has 0 aliphatic heterocycles. The van der Waals surface area contributed by atoms with Crippen LogP contribution in [0.25, 0.3) is 0 Å². The lowest BCUT2D eigenvalue weighted by molar-refractivity contribution is 0.117. The summed E-state index contributed by atoms with van der Waals surface area (Å²) >= 11 is 0. The molecule has 1 aliphatic rings. The van der Waals surface area contributed by atoms with Gasteiger partial charge in [-0.2, -0.15) is 0 Å². The van der Waals surface area contributed by atoms with Gasteiger partial charge in [0, 0.05) is 12.1 Å². The van der Waals surface area contributed by atoms with Crippen LogP contribution in [0.15, 0.2) is 30.3 Å². The van der Waals surface area contributed by atoms with Crippen LogP contribution in [-0.2, 0) is 6.42 Å². The van der Waals surface area contributed by atoms with Crippen LogP contribution in [0.2, 0.25) is 0 Å². The zero-order valence-corrected chi connectivity index (χ0v) is 14.1. The smallest absolute Gasteiger partial charge is 0.315 e. The number of benzene rings is 1. The lowest BCUT2D eigenvalue weighted by Gasteiger charge is -2.27. The Balaban J connectivity index is 1.75. The third-order valence-corrected chi connectivity index (χ3v) is 4.63. The number of carbonyl (C=O) groups excluding carboxylic acids is 1. The van der Waals surface area contributed by atoms with Crippen molar-refractivity contribution in [3.8, 4) is 0 Å². The van der Waals surface area contributed by atoms with Crippen molar-refractivity contribution in [1.29, 1.82) is 0 Å².